The summed E-state index contributed by atoms with van der Waals surface area (Å²) < 4.78 is 10.3. The zero-order valence-corrected chi connectivity index (χ0v) is 75.9. The quantitative estimate of drug-likeness (QED) is 0.00420. The van der Waals surface area contributed by atoms with Crippen molar-refractivity contribution in [2.75, 3.05) is 51.0 Å². The maximum Gasteiger partial charge on any atom is 0.303 e. The number of nitrogens with zero attached hydrogens (tertiary/aromatic N) is 2. The lowest BCUT2D eigenvalue weighted by molar-refractivity contribution is -0.384. The summed E-state index contributed by atoms with van der Waals surface area (Å²) in [4.78, 5) is 159. The van der Waals surface area contributed by atoms with Crippen LogP contribution in [0.3, 0.4) is 0 Å². The summed E-state index contributed by atoms with van der Waals surface area (Å²) >= 11 is 5.87. The number of nitrogens with one attached hydrogen (secondary N) is 6. The van der Waals surface area contributed by atoms with E-state index in [0.717, 1.165) is 158 Å². The number of aryl methyl sites for hydroxylation is 2. The first-order valence-corrected chi connectivity index (χ1v) is 44.4. The van der Waals surface area contributed by atoms with Gasteiger partial charge in [-0.25, -0.2) is 4.98 Å². The second-order valence-corrected chi connectivity index (χ2v) is 30.8. The summed E-state index contributed by atoms with van der Waals surface area (Å²) in [5, 5.41) is 116. The second-order valence-electron chi connectivity index (χ2n) is 30.5. The number of nitro benzene ring substituents is 1. The molecule has 0 atom stereocenters. The molecule has 132 heavy (non-hydrogen) atoms. The van der Waals surface area contributed by atoms with Crippen molar-refractivity contribution >= 4 is 106 Å². The minimum absolute atomic E-state index is 0.00108. The van der Waals surface area contributed by atoms with Gasteiger partial charge in [-0.15, -0.1) is 0 Å². The highest BCUT2D eigenvalue weighted by Crippen LogP contribution is 2.33. The van der Waals surface area contributed by atoms with Crippen molar-refractivity contribution < 1.29 is 128 Å². The third-order valence-corrected chi connectivity index (χ3v) is 19.8. The molecular weight excluding hydrogens is 1730 g/mol. The number of rotatable bonds is 56. The van der Waals surface area contributed by atoms with Crippen LogP contribution in [0.2, 0.25) is 5.15 Å². The molecule has 16 N–H and O–H groups in total. The molecule has 6 amide bonds. The molecule has 720 valence electrons. The van der Waals surface area contributed by atoms with Gasteiger partial charge in [0.05, 0.1) is 41.5 Å². The molecule has 7 aromatic rings. The average Bonchev–Trinajstić information content (AvgIpc) is 0.822. The number of aromatic hydroxyl groups is 4. The summed E-state index contributed by atoms with van der Waals surface area (Å²) in [6.07, 6.45) is 27.4. The number of hydrogen-bond acceptors (Lipinski definition) is 22. The van der Waals surface area contributed by atoms with Crippen molar-refractivity contribution in [1.82, 2.24) is 26.3 Å². The van der Waals surface area contributed by atoms with Crippen molar-refractivity contribution in [3.63, 3.8) is 0 Å². The van der Waals surface area contributed by atoms with E-state index in [4.69, 9.17) is 56.8 Å². The number of anilines is 2. The number of carboxylic acids is 6. The van der Waals surface area contributed by atoms with Crippen LogP contribution in [-0.2, 0) is 40.0 Å². The van der Waals surface area contributed by atoms with Gasteiger partial charge in [0.25, 0.3) is 35.2 Å². The molecule has 0 aliphatic heterocycles. The number of phenolic OH excluding ortho intramolecular Hbond substituents is 4. The molecule has 36 heteroatoms. The molecule has 0 spiro atoms. The molecule has 6 aromatic carbocycles. The van der Waals surface area contributed by atoms with E-state index in [0.29, 0.717) is 122 Å². The molecule has 0 aliphatic rings. The van der Waals surface area contributed by atoms with Crippen molar-refractivity contribution in [2.45, 2.75) is 232 Å². The number of phenols is 4. The normalized spacial score (nSPS) is 10.2. The number of benzene rings is 6. The minimum atomic E-state index is -0.794. The van der Waals surface area contributed by atoms with Crippen molar-refractivity contribution in [2.24, 2.45) is 0 Å². The maximum absolute atomic E-state index is 12.2. The summed E-state index contributed by atoms with van der Waals surface area (Å²) in [5.41, 5.74) is 4.59. The van der Waals surface area contributed by atoms with Crippen molar-refractivity contribution in [1.29, 1.82) is 0 Å². The number of carboxylic acid groups (broad SMARTS) is 6. The number of amides is 6. The summed E-state index contributed by atoms with van der Waals surface area (Å²) in [5.74, 6) is -5.46. The fraction of sp³-hybridized carbons (Fsp3) is 0.438. The zero-order valence-electron chi connectivity index (χ0n) is 75.1. The third-order valence-electron chi connectivity index (χ3n) is 19.5. The van der Waals surface area contributed by atoms with Gasteiger partial charge in [0.2, 0.25) is 5.91 Å². The monoisotopic (exact) mass is 1860 g/mol. The summed E-state index contributed by atoms with van der Waals surface area (Å²) in [6.45, 7) is 4.13. The third kappa shape index (κ3) is 54.6. The van der Waals surface area contributed by atoms with Gasteiger partial charge in [-0.05, 0) is 192 Å². The Hall–Kier alpha value is -13.7. The van der Waals surface area contributed by atoms with Gasteiger partial charge in [-0.2, -0.15) is 0 Å². The number of ether oxygens (including phenoxy) is 2. The highest BCUT2D eigenvalue weighted by molar-refractivity contribution is 6.33. The number of non-ortho nitro benzene ring substituents is 1. The predicted octanol–water partition coefficient (Wildman–Crippen LogP) is 17.5. The van der Waals surface area contributed by atoms with Crippen LogP contribution in [0, 0.1) is 17.0 Å². The number of carbonyl (C=O) groups excluding carboxylic acids is 7. The Morgan fingerprint density at radius 2 is 0.841 bits per heavy atom. The second kappa shape index (κ2) is 69.3. The van der Waals surface area contributed by atoms with Gasteiger partial charge in [0.1, 0.15) is 28.2 Å². The Labute approximate surface area is 773 Å². The van der Waals surface area contributed by atoms with Crippen LogP contribution in [0.5, 0.6) is 34.5 Å². The Balaban J connectivity index is 0.000000537. The number of hydrogen-bond donors (Lipinski definition) is 16. The molecule has 0 saturated carbocycles. The van der Waals surface area contributed by atoms with Gasteiger partial charge < -0.3 is 92.4 Å². The molecule has 0 fully saturated rings. The van der Waals surface area contributed by atoms with Gasteiger partial charge in [-0.1, -0.05) is 139 Å². The van der Waals surface area contributed by atoms with Gasteiger partial charge in [0.15, 0.2) is 17.8 Å². The molecule has 0 unspecified atom stereocenters. The van der Waals surface area contributed by atoms with Crippen LogP contribution in [0.15, 0.2) is 140 Å². The number of unbranched alkanes of at least 4 members (excludes halogenated alkanes) is 21. The van der Waals surface area contributed by atoms with E-state index in [2.05, 4.69) is 36.9 Å². The van der Waals surface area contributed by atoms with E-state index in [-0.39, 0.29) is 125 Å². The molecular formula is C96H127ClN8O27. The lowest BCUT2D eigenvalue weighted by Gasteiger charge is -2.12. The lowest BCUT2D eigenvalue weighted by atomic mass is 10.1. The Kier molecular flexibility index (Phi) is 60.0. The molecule has 0 aliphatic carbocycles. The number of aromatic nitrogens is 1. The molecule has 35 nitrogen and oxygen atoms in total. The molecule has 7 rings (SSSR count). The topological polar surface area (TPSA) is 571 Å². The lowest BCUT2D eigenvalue weighted by Crippen LogP contribution is -2.24. The smallest absolute Gasteiger partial charge is 0.303 e. The van der Waals surface area contributed by atoms with Gasteiger partial charge in [-0.3, -0.25) is 72.4 Å². The highest BCUT2D eigenvalue weighted by Gasteiger charge is 2.19. The summed E-state index contributed by atoms with van der Waals surface area (Å²) in [6, 6.07) is 34.3. The van der Waals surface area contributed by atoms with E-state index in [1.54, 1.807) is 66.7 Å². The first kappa shape index (κ1) is 114. The van der Waals surface area contributed by atoms with Crippen LogP contribution < -0.4 is 41.4 Å². The predicted molar refractivity (Wildman–Crippen MR) is 497 cm³/mol. The molecule has 0 radical (unpaired) electrons. The molecule has 0 bridgehead atoms. The van der Waals surface area contributed by atoms with Crippen LogP contribution in [0.1, 0.15) is 292 Å². The minimum Gasteiger partial charge on any atom is -0.508 e. The fourth-order valence-electron chi connectivity index (χ4n) is 12.4. The molecule has 1 aromatic heterocycles. The van der Waals surface area contributed by atoms with Crippen molar-refractivity contribution in [3.05, 3.63) is 199 Å². The Morgan fingerprint density at radius 3 is 1.27 bits per heavy atom. The zero-order chi connectivity index (χ0) is 97.8. The van der Waals surface area contributed by atoms with Gasteiger partial charge in [0, 0.05) is 112 Å². The molecule has 1 heterocycles. The first-order valence-electron chi connectivity index (χ1n) is 44.0. The SMILES string of the molecule is COc1cc(C(=O)NCCCCCCCC(=O)O)cc(C=O)c1OC.Cc1ccc(C(=O)NCCCCCCCC(=O)O)c(O)c1.O=C(O)CCCCCCCCC(=O)Nc1cc([N+](=O)[O-])ccc1O.O=C(O)CCCCCCCNC(=O)c1ccc(O)cc1.O=C(O)CCCCCCCNC(=O)c1cccc(O)c1.O=C(O)CCCc1ccc(NC(=O)c2cccnc2Cl)cc1. The number of halogens is 1. The van der Waals surface area contributed by atoms with E-state index >= 15 is 0 Å². The Bertz CT molecular complexity index is 4720. The van der Waals surface area contributed by atoms with E-state index in [1.165, 1.54) is 62.9 Å². The highest BCUT2D eigenvalue weighted by atomic mass is 35.5. The van der Waals surface area contributed by atoms with Gasteiger partial charge >= 0.3 is 35.8 Å². The number of carbonyl (C=O) groups is 13. The number of aldehydes is 1. The van der Waals surface area contributed by atoms with E-state index in [9.17, 15) is 87.8 Å². The maximum atomic E-state index is 12.2. The fourth-order valence-corrected chi connectivity index (χ4v) is 12.6. The standard InChI is InChI=1S/C18H25NO6.C16H15ClN2O3.C16H22N2O6.C16H23NO4.2C15H21NO4/c1-24-15-11-13(10-14(12-20)17(15)25-2)18(23)19-9-7-5-3-4-6-8-16(21)22;17-15-13(4-2-10-18-15)16(22)19-12-8-6-11(7-9-12)3-1-5-14(20)21;19-14-10-9-12(18(23)24)11-13(14)17-15(20)7-5-3-1-2-4-6-8-16(21)22;1-12-8-9-13(14(18)11-12)16(21)17-10-6-4-2-3-5-7-15(19)20;17-13-8-6-7-12(11-13)15(20)16-10-5-3-1-2-4-9-14(18)19;17-13-9-7-12(8-10-13)15(20)16-11-5-3-1-2-4-6-14(18)19/h10-12H,3-9H2,1-2H3,(H,19,23)(H,21,22);2,4,6-10H,1,3,5H2,(H,19,22)(H,20,21);9-11,19H,1-8H2,(H,17,20)(H,21,22);8-9,11,18H,2-7,10H2,1H3,(H,17,21)(H,19,20);6-8,11,17H,1-5,9-10H2,(H,16,20)(H,18,19);7-10,17H,1-6,11H2,(H,16,20)(H,18,19). The number of aliphatic carboxylic acids is 6. The van der Waals surface area contributed by atoms with E-state index in [1.807, 2.05) is 19.1 Å². The van der Waals surface area contributed by atoms with Crippen LogP contribution in [0.4, 0.5) is 17.1 Å². The average molecular weight is 1860 g/mol. The van der Waals surface area contributed by atoms with Crippen LogP contribution in [0.25, 0.3) is 0 Å². The van der Waals surface area contributed by atoms with Crippen LogP contribution in [-0.4, -0.2) is 179 Å². The molecule has 0 saturated heterocycles. The van der Waals surface area contributed by atoms with E-state index < -0.39 is 40.7 Å². The number of pyridine rings is 1. The Morgan fingerprint density at radius 1 is 0.402 bits per heavy atom. The number of nitro groups is 1. The first-order chi connectivity index (χ1) is 63.2. The number of methoxy groups -OCH3 is 2. The summed E-state index contributed by atoms with van der Waals surface area (Å²) in [7, 11) is 2.87. The van der Waals surface area contributed by atoms with Crippen LogP contribution >= 0.6 is 11.6 Å². The van der Waals surface area contributed by atoms with Crippen molar-refractivity contribution in [3.8, 4) is 34.5 Å². The largest absolute Gasteiger partial charge is 0.508 e.